The SMILES string of the molecule is N#Cc1ccnc(Oc2ccc(F)c(Br)c2)c1N. The first-order valence-corrected chi connectivity index (χ1v) is 5.68. The average Bonchev–Trinajstić information content (AvgIpc) is 2.36. The molecule has 0 atom stereocenters. The molecule has 90 valence electrons. The molecule has 4 nitrogen and oxygen atoms in total. The Kier molecular flexibility index (Phi) is 3.44. The predicted octanol–water partition coefficient (Wildman–Crippen LogP) is 3.23. The lowest BCUT2D eigenvalue weighted by Gasteiger charge is -2.08. The van der Waals surface area contributed by atoms with Gasteiger partial charge in [-0.3, -0.25) is 0 Å². The van der Waals surface area contributed by atoms with Crippen molar-refractivity contribution in [3.05, 3.63) is 46.3 Å². The number of benzene rings is 1. The summed E-state index contributed by atoms with van der Waals surface area (Å²) in [5, 5.41) is 8.82. The van der Waals surface area contributed by atoms with E-state index in [1.807, 2.05) is 6.07 Å². The Morgan fingerprint density at radius 3 is 2.83 bits per heavy atom. The normalized spacial score (nSPS) is 9.83. The molecule has 0 unspecified atom stereocenters. The summed E-state index contributed by atoms with van der Waals surface area (Å²) in [7, 11) is 0. The van der Waals surface area contributed by atoms with Crippen LogP contribution in [0.2, 0.25) is 0 Å². The van der Waals surface area contributed by atoms with Crippen molar-refractivity contribution < 1.29 is 9.13 Å². The zero-order chi connectivity index (χ0) is 13.1. The quantitative estimate of drug-likeness (QED) is 0.924. The third-order valence-corrected chi connectivity index (χ3v) is 2.79. The summed E-state index contributed by atoms with van der Waals surface area (Å²) in [4.78, 5) is 3.93. The second-order valence-corrected chi connectivity index (χ2v) is 4.22. The molecule has 6 heteroatoms. The Morgan fingerprint density at radius 2 is 2.17 bits per heavy atom. The van der Waals surface area contributed by atoms with E-state index in [1.54, 1.807) is 0 Å². The lowest BCUT2D eigenvalue weighted by molar-refractivity contribution is 0.463. The maximum absolute atomic E-state index is 13.0. The summed E-state index contributed by atoms with van der Waals surface area (Å²) in [6.45, 7) is 0. The molecule has 0 spiro atoms. The van der Waals surface area contributed by atoms with E-state index < -0.39 is 5.82 Å². The first-order chi connectivity index (χ1) is 8.61. The molecule has 0 aliphatic rings. The van der Waals surface area contributed by atoms with Crippen molar-refractivity contribution in [2.24, 2.45) is 0 Å². The summed E-state index contributed by atoms with van der Waals surface area (Å²) in [5.74, 6) is 0.0965. The fraction of sp³-hybridized carbons (Fsp3) is 0. The summed E-state index contributed by atoms with van der Waals surface area (Å²) in [6, 6.07) is 7.57. The number of nitrogens with zero attached hydrogens (tertiary/aromatic N) is 2. The van der Waals surface area contributed by atoms with Gasteiger partial charge >= 0.3 is 0 Å². The largest absolute Gasteiger partial charge is 0.437 e. The van der Waals surface area contributed by atoms with Crippen LogP contribution in [0.3, 0.4) is 0 Å². The van der Waals surface area contributed by atoms with Gasteiger partial charge in [0, 0.05) is 6.20 Å². The smallest absolute Gasteiger partial charge is 0.244 e. The molecule has 2 aromatic rings. The van der Waals surface area contributed by atoms with Crippen molar-refractivity contribution in [3.8, 4) is 17.7 Å². The van der Waals surface area contributed by atoms with Crippen LogP contribution >= 0.6 is 15.9 Å². The Morgan fingerprint density at radius 1 is 1.39 bits per heavy atom. The summed E-state index contributed by atoms with van der Waals surface area (Å²) in [6.07, 6.45) is 1.42. The highest BCUT2D eigenvalue weighted by Crippen LogP contribution is 2.29. The van der Waals surface area contributed by atoms with Crippen molar-refractivity contribution in [1.29, 1.82) is 5.26 Å². The van der Waals surface area contributed by atoms with Gasteiger partial charge in [0.25, 0.3) is 0 Å². The fourth-order valence-corrected chi connectivity index (χ4v) is 1.64. The van der Waals surface area contributed by atoms with Gasteiger partial charge in [-0.25, -0.2) is 9.37 Å². The van der Waals surface area contributed by atoms with Gasteiger partial charge in [0.05, 0.1) is 10.0 Å². The first-order valence-electron chi connectivity index (χ1n) is 4.89. The number of anilines is 1. The topological polar surface area (TPSA) is 71.9 Å². The number of hydrogen-bond donors (Lipinski definition) is 1. The van der Waals surface area contributed by atoms with Gasteiger partial charge in [0.2, 0.25) is 5.88 Å². The number of hydrogen-bond acceptors (Lipinski definition) is 4. The molecular weight excluding hydrogens is 301 g/mol. The number of halogens is 2. The molecule has 2 rings (SSSR count). The minimum atomic E-state index is -0.394. The highest BCUT2D eigenvalue weighted by molar-refractivity contribution is 9.10. The zero-order valence-corrected chi connectivity index (χ0v) is 10.6. The molecule has 0 fully saturated rings. The molecule has 0 saturated heterocycles. The minimum absolute atomic E-state index is 0.118. The Balaban J connectivity index is 2.35. The number of pyridine rings is 1. The summed E-state index contributed by atoms with van der Waals surface area (Å²) < 4.78 is 18.7. The van der Waals surface area contributed by atoms with Crippen molar-refractivity contribution in [2.75, 3.05) is 5.73 Å². The van der Waals surface area contributed by atoms with Crippen LogP contribution in [0.4, 0.5) is 10.1 Å². The van der Waals surface area contributed by atoms with Gasteiger partial charge in [-0.15, -0.1) is 0 Å². The Labute approximate surface area is 111 Å². The molecule has 1 aromatic heterocycles. The molecule has 0 saturated carbocycles. The van der Waals surface area contributed by atoms with Crippen molar-refractivity contribution >= 4 is 21.6 Å². The van der Waals surface area contributed by atoms with E-state index in [0.29, 0.717) is 5.75 Å². The van der Waals surface area contributed by atoms with Gasteiger partial charge in [-0.05, 0) is 40.2 Å². The molecule has 1 aromatic carbocycles. The molecule has 0 amide bonds. The van der Waals surface area contributed by atoms with Crippen LogP contribution in [0.15, 0.2) is 34.9 Å². The number of ether oxygens (including phenoxy) is 1. The van der Waals surface area contributed by atoms with Crippen LogP contribution in [0.25, 0.3) is 0 Å². The van der Waals surface area contributed by atoms with E-state index in [1.165, 1.54) is 30.5 Å². The van der Waals surface area contributed by atoms with Crippen LogP contribution in [0.1, 0.15) is 5.56 Å². The number of rotatable bonds is 2. The zero-order valence-electron chi connectivity index (χ0n) is 9.02. The molecule has 0 radical (unpaired) electrons. The minimum Gasteiger partial charge on any atom is -0.437 e. The number of nitriles is 1. The van der Waals surface area contributed by atoms with E-state index in [9.17, 15) is 4.39 Å². The predicted molar refractivity (Wildman–Crippen MR) is 67.5 cm³/mol. The van der Waals surface area contributed by atoms with E-state index in [4.69, 9.17) is 15.7 Å². The molecule has 0 aliphatic heterocycles. The van der Waals surface area contributed by atoms with E-state index in [2.05, 4.69) is 20.9 Å². The van der Waals surface area contributed by atoms with Crippen LogP contribution in [0, 0.1) is 17.1 Å². The standard InChI is InChI=1S/C12H7BrFN3O/c13-9-5-8(1-2-10(9)14)18-12-11(16)7(6-15)3-4-17-12/h1-5H,16H2. The van der Waals surface area contributed by atoms with E-state index in [-0.39, 0.29) is 21.6 Å². The fourth-order valence-electron chi connectivity index (χ4n) is 1.28. The maximum Gasteiger partial charge on any atom is 0.244 e. The molecular formula is C12H7BrFN3O. The number of nitrogen functional groups attached to an aromatic ring is 1. The lowest BCUT2D eigenvalue weighted by atomic mass is 10.2. The Bertz CT molecular complexity index is 640. The lowest BCUT2D eigenvalue weighted by Crippen LogP contribution is -1.97. The van der Waals surface area contributed by atoms with Crippen LogP contribution in [-0.4, -0.2) is 4.98 Å². The monoisotopic (exact) mass is 307 g/mol. The van der Waals surface area contributed by atoms with E-state index in [0.717, 1.165) is 0 Å². The van der Waals surface area contributed by atoms with Gasteiger partial charge < -0.3 is 10.5 Å². The molecule has 1 heterocycles. The highest BCUT2D eigenvalue weighted by Gasteiger charge is 2.09. The first kappa shape index (κ1) is 12.3. The molecule has 2 N–H and O–H groups in total. The van der Waals surface area contributed by atoms with Crippen molar-refractivity contribution in [3.63, 3.8) is 0 Å². The van der Waals surface area contributed by atoms with Gasteiger partial charge in [-0.2, -0.15) is 5.26 Å². The second kappa shape index (κ2) is 5.02. The number of aromatic nitrogens is 1. The summed E-state index contributed by atoms with van der Waals surface area (Å²) >= 11 is 3.05. The third-order valence-electron chi connectivity index (χ3n) is 2.18. The average molecular weight is 308 g/mol. The summed E-state index contributed by atoms with van der Waals surface area (Å²) in [5.41, 5.74) is 6.15. The highest BCUT2D eigenvalue weighted by atomic mass is 79.9. The van der Waals surface area contributed by atoms with Crippen LogP contribution in [-0.2, 0) is 0 Å². The molecule has 18 heavy (non-hydrogen) atoms. The molecule has 0 bridgehead atoms. The van der Waals surface area contributed by atoms with Gasteiger partial charge in [-0.1, -0.05) is 0 Å². The van der Waals surface area contributed by atoms with Crippen molar-refractivity contribution in [1.82, 2.24) is 4.98 Å². The second-order valence-electron chi connectivity index (χ2n) is 3.37. The van der Waals surface area contributed by atoms with Crippen LogP contribution in [0.5, 0.6) is 11.6 Å². The van der Waals surface area contributed by atoms with E-state index >= 15 is 0 Å². The Hall–Kier alpha value is -2.13. The molecule has 0 aliphatic carbocycles. The van der Waals surface area contributed by atoms with Gasteiger partial charge in [0.15, 0.2) is 0 Å². The maximum atomic E-state index is 13.0. The number of nitrogens with two attached hydrogens (primary N) is 1. The third kappa shape index (κ3) is 2.41. The van der Waals surface area contributed by atoms with Crippen LogP contribution < -0.4 is 10.5 Å². The van der Waals surface area contributed by atoms with Crippen molar-refractivity contribution in [2.45, 2.75) is 0 Å². The van der Waals surface area contributed by atoms with Gasteiger partial charge in [0.1, 0.15) is 23.3 Å².